The van der Waals surface area contributed by atoms with Crippen LogP contribution >= 0.6 is 11.6 Å². The summed E-state index contributed by atoms with van der Waals surface area (Å²) in [6.07, 6.45) is 7.87. The van der Waals surface area contributed by atoms with Gasteiger partial charge in [0.05, 0.1) is 5.69 Å². The number of nitrogens with one attached hydrogen (secondary N) is 2. The summed E-state index contributed by atoms with van der Waals surface area (Å²) < 4.78 is 28.1. The predicted octanol–water partition coefficient (Wildman–Crippen LogP) is 6.16. The molecule has 1 heterocycles. The third-order valence-electron chi connectivity index (χ3n) is 6.24. The van der Waals surface area contributed by atoms with Crippen molar-refractivity contribution in [1.82, 2.24) is 14.9 Å². The van der Waals surface area contributed by atoms with E-state index in [0.29, 0.717) is 11.6 Å². The summed E-state index contributed by atoms with van der Waals surface area (Å²) >= 11 is 6.19. The number of fused-ring (bicyclic) bond motifs is 1. The van der Waals surface area contributed by atoms with Gasteiger partial charge in [0.1, 0.15) is 0 Å². The van der Waals surface area contributed by atoms with Gasteiger partial charge in [-0.05, 0) is 61.9 Å². The Hall–Kier alpha value is -2.41. The lowest BCUT2D eigenvalue weighted by Gasteiger charge is -2.20. The summed E-state index contributed by atoms with van der Waals surface area (Å²) in [7, 11) is -3.61. The van der Waals surface area contributed by atoms with E-state index in [-0.39, 0.29) is 6.04 Å². The van der Waals surface area contributed by atoms with Gasteiger partial charge in [-0.1, -0.05) is 66.9 Å². The number of aromatic amines is 1. The van der Waals surface area contributed by atoms with Gasteiger partial charge in [-0.15, -0.1) is 0 Å². The highest BCUT2D eigenvalue weighted by Crippen LogP contribution is 2.33. The second kappa shape index (κ2) is 10.7. The molecule has 174 valence electrons. The van der Waals surface area contributed by atoms with Gasteiger partial charge in [-0.3, -0.25) is 5.10 Å². The fourth-order valence-corrected chi connectivity index (χ4v) is 5.78. The largest absolute Gasteiger partial charge is 0.281 e. The molecule has 5 nitrogen and oxygen atoms in total. The molecule has 2 N–H and O–H groups in total. The van der Waals surface area contributed by atoms with Crippen LogP contribution in [-0.2, 0) is 22.9 Å². The first kappa shape index (κ1) is 23.7. The monoisotopic (exact) mass is 483 g/mol. The first-order chi connectivity index (χ1) is 15.9. The fraction of sp³-hybridized carbons (Fsp3) is 0.346. The zero-order chi connectivity index (χ0) is 23.3. The predicted molar refractivity (Wildman–Crippen MR) is 135 cm³/mol. The Kier molecular flexibility index (Phi) is 7.68. The van der Waals surface area contributed by atoms with Crippen LogP contribution in [0.25, 0.3) is 6.08 Å². The van der Waals surface area contributed by atoms with Crippen molar-refractivity contribution in [3.63, 3.8) is 0 Å². The molecule has 1 unspecified atom stereocenters. The lowest BCUT2D eigenvalue weighted by atomic mass is 9.85. The van der Waals surface area contributed by atoms with Crippen molar-refractivity contribution in [2.75, 3.05) is 0 Å². The van der Waals surface area contributed by atoms with Gasteiger partial charge < -0.3 is 0 Å². The molecule has 2 aromatic carbocycles. The van der Waals surface area contributed by atoms with Gasteiger partial charge in [0.2, 0.25) is 10.0 Å². The highest BCUT2D eigenvalue weighted by atomic mass is 35.5. The van der Waals surface area contributed by atoms with Crippen LogP contribution < -0.4 is 4.72 Å². The van der Waals surface area contributed by atoms with E-state index in [9.17, 15) is 8.42 Å². The molecule has 0 bridgehead atoms. The molecule has 0 amide bonds. The molecular weight excluding hydrogens is 454 g/mol. The van der Waals surface area contributed by atoms with Gasteiger partial charge in [0, 0.05) is 33.6 Å². The number of aromatic nitrogens is 2. The fourth-order valence-electron chi connectivity index (χ4n) is 4.55. The SMILES string of the molecule is C[C@H](NS(=O)(=O)C=Cc1n[nH]c2c1CCCCCC2Cc1cccc(Cl)c1)c1ccccc1. The van der Waals surface area contributed by atoms with E-state index in [0.717, 1.165) is 53.9 Å². The molecule has 0 aliphatic heterocycles. The zero-order valence-electron chi connectivity index (χ0n) is 18.8. The molecule has 33 heavy (non-hydrogen) atoms. The molecule has 1 aliphatic carbocycles. The lowest BCUT2D eigenvalue weighted by Crippen LogP contribution is -2.24. The molecule has 0 saturated heterocycles. The normalized spacial score (nSPS) is 17.9. The number of hydrogen-bond acceptors (Lipinski definition) is 3. The van der Waals surface area contributed by atoms with Crippen LogP contribution in [0, 0.1) is 0 Å². The molecular formula is C26H30ClN3O2S. The van der Waals surface area contributed by atoms with Crippen LogP contribution in [0.1, 0.15) is 72.6 Å². The number of rotatable bonds is 7. The van der Waals surface area contributed by atoms with Crippen molar-refractivity contribution in [3.8, 4) is 0 Å². The van der Waals surface area contributed by atoms with Gasteiger partial charge in [0.25, 0.3) is 0 Å². The quantitative estimate of drug-likeness (QED) is 0.422. The standard InChI is InChI=1S/C26H30ClN3O2S/c1-19(21-10-4-2-5-11-21)30-33(31,32)16-15-25-24-14-7-3-6-12-22(26(24)29-28-25)17-20-9-8-13-23(27)18-20/h2,4-5,8-11,13,15-16,18-19,22,30H,3,6-7,12,14,17H2,1H3,(H,28,29)/t19-,22?/m0/s1. The minimum absolute atomic E-state index is 0.307. The highest BCUT2D eigenvalue weighted by molar-refractivity contribution is 7.92. The van der Waals surface area contributed by atoms with E-state index >= 15 is 0 Å². The Morgan fingerprint density at radius 2 is 1.97 bits per heavy atom. The Labute approximate surface area is 201 Å². The van der Waals surface area contributed by atoms with E-state index in [4.69, 9.17) is 11.6 Å². The van der Waals surface area contributed by atoms with Gasteiger partial charge >= 0.3 is 0 Å². The minimum Gasteiger partial charge on any atom is -0.281 e. The first-order valence-corrected chi connectivity index (χ1v) is 13.4. The Balaban J connectivity index is 1.53. The van der Waals surface area contributed by atoms with Crippen molar-refractivity contribution in [2.24, 2.45) is 0 Å². The molecule has 0 saturated carbocycles. The third-order valence-corrected chi connectivity index (χ3v) is 7.65. The van der Waals surface area contributed by atoms with Crippen LogP contribution in [-0.4, -0.2) is 18.6 Å². The molecule has 1 aromatic heterocycles. The molecule has 7 heteroatoms. The minimum atomic E-state index is -3.61. The van der Waals surface area contributed by atoms with Crippen LogP contribution in [0.3, 0.4) is 0 Å². The topological polar surface area (TPSA) is 74.8 Å². The number of halogens is 1. The maximum Gasteiger partial charge on any atom is 0.234 e. The molecule has 0 fully saturated rings. The van der Waals surface area contributed by atoms with E-state index < -0.39 is 10.0 Å². The Morgan fingerprint density at radius 3 is 2.76 bits per heavy atom. The van der Waals surface area contributed by atoms with Crippen LogP contribution in [0.4, 0.5) is 0 Å². The van der Waals surface area contributed by atoms with Crippen molar-refractivity contribution in [1.29, 1.82) is 0 Å². The zero-order valence-corrected chi connectivity index (χ0v) is 20.4. The highest BCUT2D eigenvalue weighted by Gasteiger charge is 2.23. The number of H-pyrrole nitrogens is 1. The maximum absolute atomic E-state index is 12.7. The van der Waals surface area contributed by atoms with Crippen molar-refractivity contribution in [3.05, 3.63) is 93.1 Å². The van der Waals surface area contributed by atoms with E-state index in [1.165, 1.54) is 17.4 Å². The Bertz CT molecular complexity index is 1210. The third kappa shape index (κ3) is 6.34. The van der Waals surface area contributed by atoms with Crippen LogP contribution in [0.2, 0.25) is 5.02 Å². The van der Waals surface area contributed by atoms with E-state index in [1.807, 2.05) is 55.5 Å². The molecule has 0 radical (unpaired) electrons. The molecule has 4 rings (SSSR count). The van der Waals surface area contributed by atoms with Crippen molar-refractivity contribution >= 4 is 27.7 Å². The smallest absolute Gasteiger partial charge is 0.234 e. The number of hydrogen-bond donors (Lipinski definition) is 2. The first-order valence-electron chi connectivity index (χ1n) is 11.5. The summed E-state index contributed by atoms with van der Waals surface area (Å²) in [5.41, 5.74) is 5.08. The molecule has 0 spiro atoms. The van der Waals surface area contributed by atoms with Crippen LogP contribution in [0.5, 0.6) is 0 Å². The van der Waals surface area contributed by atoms with Crippen LogP contribution in [0.15, 0.2) is 60.0 Å². The number of nitrogens with zero attached hydrogens (tertiary/aromatic N) is 1. The maximum atomic E-state index is 12.7. The average Bonchev–Trinajstić information content (AvgIpc) is 3.17. The molecule has 2 atom stereocenters. The summed E-state index contributed by atoms with van der Waals surface area (Å²) in [4.78, 5) is 0. The van der Waals surface area contributed by atoms with Crippen molar-refractivity contribution < 1.29 is 8.42 Å². The second-order valence-electron chi connectivity index (χ2n) is 8.73. The average molecular weight is 484 g/mol. The summed E-state index contributed by atoms with van der Waals surface area (Å²) in [5, 5.41) is 9.71. The van der Waals surface area contributed by atoms with Gasteiger partial charge in [0.15, 0.2) is 0 Å². The van der Waals surface area contributed by atoms with Gasteiger partial charge in [-0.2, -0.15) is 5.10 Å². The summed E-state index contributed by atoms with van der Waals surface area (Å²) in [5.74, 6) is 0.307. The molecule has 3 aromatic rings. The summed E-state index contributed by atoms with van der Waals surface area (Å²) in [6.45, 7) is 1.84. The molecule has 1 aliphatic rings. The van der Waals surface area contributed by atoms with E-state index in [2.05, 4.69) is 21.0 Å². The summed E-state index contributed by atoms with van der Waals surface area (Å²) in [6, 6.07) is 17.2. The van der Waals surface area contributed by atoms with E-state index in [1.54, 1.807) is 6.08 Å². The van der Waals surface area contributed by atoms with Crippen molar-refractivity contribution in [2.45, 2.75) is 57.4 Å². The second-order valence-corrected chi connectivity index (χ2v) is 10.8. The lowest BCUT2D eigenvalue weighted by molar-refractivity contribution is 0.522. The van der Waals surface area contributed by atoms with Gasteiger partial charge in [-0.25, -0.2) is 13.1 Å². The number of benzene rings is 2. The number of sulfonamides is 1. The Morgan fingerprint density at radius 1 is 1.15 bits per heavy atom.